The molecule has 0 unspecified atom stereocenters. The number of carbonyl (C=O) groups is 3. The van der Waals surface area contributed by atoms with E-state index in [1.807, 2.05) is 0 Å². The minimum atomic E-state index is -0.704. The number of hydrogen-bond donors (Lipinski definition) is 1. The first-order valence-corrected chi connectivity index (χ1v) is 8.25. The molecule has 9 nitrogen and oxygen atoms in total. The zero-order valence-corrected chi connectivity index (χ0v) is 15.3. The third-order valence-electron chi connectivity index (χ3n) is 2.69. The topological polar surface area (TPSA) is 128 Å². The van der Waals surface area contributed by atoms with Gasteiger partial charge in [-0.2, -0.15) is 4.99 Å². The van der Waals surface area contributed by atoms with E-state index in [1.54, 1.807) is 0 Å². The Kier molecular flexibility index (Phi) is 5.69. The molecule has 0 radical (unpaired) electrons. The lowest BCUT2D eigenvalue weighted by Crippen LogP contribution is -2.23. The highest BCUT2D eigenvalue weighted by molar-refractivity contribution is 9.10. The number of nitro benzene ring substituents is 1. The molecule has 2 rings (SSSR count). The molecule has 0 spiro atoms. The van der Waals surface area contributed by atoms with Crippen molar-refractivity contribution in [1.29, 1.82) is 0 Å². The van der Waals surface area contributed by atoms with E-state index in [1.165, 1.54) is 25.1 Å². The lowest BCUT2D eigenvalue weighted by Gasteiger charge is -2.06. The highest BCUT2D eigenvalue weighted by Gasteiger charge is 2.25. The molecule has 1 heterocycles. The maximum absolute atomic E-state index is 11.8. The minimum absolute atomic E-state index is 0.133. The lowest BCUT2D eigenvalue weighted by atomic mass is 10.1. The quantitative estimate of drug-likeness (QED) is 0.257. The molecule has 0 fully saturated rings. The van der Waals surface area contributed by atoms with E-state index in [0.717, 1.165) is 18.7 Å². The Bertz CT molecular complexity index is 864. The second-order valence-corrected chi connectivity index (χ2v) is 6.60. The van der Waals surface area contributed by atoms with Gasteiger partial charge in [-0.05, 0) is 45.4 Å². The fourth-order valence-electron chi connectivity index (χ4n) is 1.83. The normalized spacial score (nSPS) is 15.1. The number of amides is 2. The van der Waals surface area contributed by atoms with Crippen LogP contribution in [0.25, 0.3) is 6.08 Å². The Balaban J connectivity index is 2.38. The number of esters is 1. The van der Waals surface area contributed by atoms with E-state index in [4.69, 9.17) is 4.74 Å². The van der Waals surface area contributed by atoms with Crippen LogP contribution in [-0.2, 0) is 14.4 Å². The van der Waals surface area contributed by atoms with Crippen LogP contribution in [0, 0.1) is 10.1 Å². The van der Waals surface area contributed by atoms with Gasteiger partial charge in [0.15, 0.2) is 5.17 Å². The second-order valence-electron chi connectivity index (χ2n) is 4.72. The average molecular weight is 428 g/mol. The summed E-state index contributed by atoms with van der Waals surface area (Å²) in [5.41, 5.74) is -0.112. The first-order chi connectivity index (χ1) is 11.7. The summed E-state index contributed by atoms with van der Waals surface area (Å²) in [5.74, 6) is -1.87. The van der Waals surface area contributed by atoms with Crippen LogP contribution in [0.5, 0.6) is 5.75 Å². The molecule has 0 atom stereocenters. The molecule has 0 aliphatic carbocycles. The fourth-order valence-corrected chi connectivity index (χ4v) is 3.24. The highest BCUT2D eigenvalue weighted by Crippen LogP contribution is 2.38. The van der Waals surface area contributed by atoms with Crippen LogP contribution in [0.3, 0.4) is 0 Å². The number of aliphatic imine (C=N–C) groups is 1. The van der Waals surface area contributed by atoms with Crippen molar-refractivity contribution in [2.45, 2.75) is 13.8 Å². The summed E-state index contributed by atoms with van der Waals surface area (Å²) in [5, 5.41) is 13.7. The summed E-state index contributed by atoms with van der Waals surface area (Å²) < 4.78 is 5.04. The molecule has 0 aromatic heterocycles. The number of hydrogen-bond acceptors (Lipinski definition) is 7. The van der Waals surface area contributed by atoms with Gasteiger partial charge in [0.2, 0.25) is 11.7 Å². The molecule has 11 heteroatoms. The number of nitrogens with one attached hydrogen (secondary N) is 1. The number of ether oxygens (including phenoxy) is 1. The van der Waals surface area contributed by atoms with E-state index < -0.39 is 22.5 Å². The van der Waals surface area contributed by atoms with Gasteiger partial charge in [-0.1, -0.05) is 0 Å². The largest absolute Gasteiger partial charge is 0.418 e. The molecule has 1 N–H and O–H groups in total. The van der Waals surface area contributed by atoms with Gasteiger partial charge in [-0.15, -0.1) is 0 Å². The van der Waals surface area contributed by atoms with Crippen LogP contribution in [0.1, 0.15) is 19.4 Å². The molecule has 2 amide bonds. The van der Waals surface area contributed by atoms with Gasteiger partial charge >= 0.3 is 11.7 Å². The van der Waals surface area contributed by atoms with Gasteiger partial charge in [0, 0.05) is 19.9 Å². The predicted molar refractivity (Wildman–Crippen MR) is 93.9 cm³/mol. The predicted octanol–water partition coefficient (Wildman–Crippen LogP) is 2.39. The Hall–Kier alpha value is -2.53. The van der Waals surface area contributed by atoms with Crippen molar-refractivity contribution in [3.8, 4) is 5.75 Å². The molecule has 0 saturated carbocycles. The first kappa shape index (κ1) is 18.8. The van der Waals surface area contributed by atoms with Crippen molar-refractivity contribution in [2.75, 3.05) is 0 Å². The number of thioether (sulfide) groups is 1. The molecule has 25 heavy (non-hydrogen) atoms. The van der Waals surface area contributed by atoms with Gasteiger partial charge in [-0.25, -0.2) is 0 Å². The summed E-state index contributed by atoms with van der Waals surface area (Å²) in [6.45, 7) is 2.41. The van der Waals surface area contributed by atoms with Crippen LogP contribution >= 0.6 is 27.7 Å². The number of nitrogens with zero attached hydrogens (tertiary/aromatic N) is 2. The second kappa shape index (κ2) is 7.57. The molecule has 0 saturated heterocycles. The number of carbonyl (C=O) groups excluding carboxylic acids is 3. The van der Waals surface area contributed by atoms with Crippen molar-refractivity contribution in [2.24, 2.45) is 4.99 Å². The number of halogens is 1. The van der Waals surface area contributed by atoms with E-state index in [0.29, 0.717) is 5.56 Å². The van der Waals surface area contributed by atoms with Crippen molar-refractivity contribution < 1.29 is 24.0 Å². The Morgan fingerprint density at radius 3 is 2.64 bits per heavy atom. The van der Waals surface area contributed by atoms with Crippen LogP contribution in [-0.4, -0.2) is 27.9 Å². The van der Waals surface area contributed by atoms with Gasteiger partial charge in [-0.3, -0.25) is 24.5 Å². The van der Waals surface area contributed by atoms with Crippen LogP contribution in [0.15, 0.2) is 26.5 Å². The van der Waals surface area contributed by atoms with E-state index >= 15 is 0 Å². The maximum atomic E-state index is 11.8. The van der Waals surface area contributed by atoms with Gasteiger partial charge in [0.25, 0.3) is 5.91 Å². The Morgan fingerprint density at radius 2 is 2.08 bits per heavy atom. The minimum Gasteiger partial charge on any atom is -0.418 e. The summed E-state index contributed by atoms with van der Waals surface area (Å²) in [7, 11) is 0. The smallest absolute Gasteiger partial charge is 0.313 e. The lowest BCUT2D eigenvalue weighted by molar-refractivity contribution is -0.385. The zero-order chi connectivity index (χ0) is 18.7. The van der Waals surface area contributed by atoms with Crippen LogP contribution in [0.2, 0.25) is 0 Å². The number of rotatable bonds is 3. The summed E-state index contributed by atoms with van der Waals surface area (Å²) >= 11 is 4.05. The SMILES string of the molecule is CC(=O)NC1=NC(=O)/C(=C/c2cc(Br)c(OC(C)=O)c([N+](=O)[O-])c2)S1. The van der Waals surface area contributed by atoms with Gasteiger partial charge in [0.05, 0.1) is 14.3 Å². The van der Waals surface area contributed by atoms with Crippen molar-refractivity contribution >= 4 is 62.4 Å². The van der Waals surface area contributed by atoms with Crippen LogP contribution < -0.4 is 10.1 Å². The molecule has 130 valence electrons. The number of amidine groups is 1. The first-order valence-electron chi connectivity index (χ1n) is 6.64. The summed E-state index contributed by atoms with van der Waals surface area (Å²) in [6.07, 6.45) is 1.39. The fraction of sp³-hybridized carbons (Fsp3) is 0.143. The zero-order valence-electron chi connectivity index (χ0n) is 12.9. The van der Waals surface area contributed by atoms with Gasteiger partial charge in [0.1, 0.15) is 0 Å². The van der Waals surface area contributed by atoms with E-state index in [9.17, 15) is 24.5 Å². The molecular formula is C14H10BrN3O6S. The molecule has 1 aromatic carbocycles. The highest BCUT2D eigenvalue weighted by atomic mass is 79.9. The summed E-state index contributed by atoms with van der Waals surface area (Å²) in [6, 6.07) is 2.63. The average Bonchev–Trinajstić information content (AvgIpc) is 2.79. The molecule has 1 aliphatic rings. The molecular weight excluding hydrogens is 418 g/mol. The Morgan fingerprint density at radius 1 is 1.40 bits per heavy atom. The number of benzene rings is 1. The van der Waals surface area contributed by atoms with Crippen molar-refractivity contribution in [3.05, 3.63) is 37.2 Å². The molecule has 1 aromatic rings. The van der Waals surface area contributed by atoms with Gasteiger partial charge < -0.3 is 10.1 Å². The molecule has 0 bridgehead atoms. The number of nitro groups is 1. The molecule has 1 aliphatic heterocycles. The maximum Gasteiger partial charge on any atom is 0.313 e. The standard InChI is InChI=1S/C14H10BrN3O6S/c1-6(19)16-14-17-13(21)11(25-14)5-8-3-9(15)12(24-7(2)20)10(4-8)18(22)23/h3-5H,1-2H3,(H,16,17,19,21)/b11-5-. The van der Waals surface area contributed by atoms with Crippen molar-refractivity contribution in [1.82, 2.24) is 5.32 Å². The summed E-state index contributed by atoms with van der Waals surface area (Å²) in [4.78, 5) is 48.3. The van der Waals surface area contributed by atoms with E-state index in [-0.39, 0.29) is 26.2 Å². The van der Waals surface area contributed by atoms with Crippen molar-refractivity contribution in [3.63, 3.8) is 0 Å². The van der Waals surface area contributed by atoms with Crippen LogP contribution in [0.4, 0.5) is 5.69 Å². The Labute approximate surface area is 153 Å². The third-order valence-corrected chi connectivity index (χ3v) is 4.18. The van der Waals surface area contributed by atoms with E-state index in [2.05, 4.69) is 26.2 Å². The third kappa shape index (κ3) is 4.73. The monoisotopic (exact) mass is 427 g/mol.